The minimum absolute atomic E-state index is 0.195. The molecule has 3 aromatic carbocycles. The molecule has 5 rings (SSSR count). The molecule has 3 amide bonds. The number of carbonyl (C=O) groups excluding carboxylic acids is 3. The van der Waals surface area contributed by atoms with Gasteiger partial charge in [-0.05, 0) is 35.9 Å². The molecular formula is C24H18N4O3. The number of nitrogens with one attached hydrogen (secondary N) is 2. The minimum Gasteiger partial charge on any atom is -0.345 e. The quantitative estimate of drug-likeness (QED) is 0.494. The molecule has 2 heterocycles. The van der Waals surface area contributed by atoms with Gasteiger partial charge in [-0.1, -0.05) is 42.5 Å². The lowest BCUT2D eigenvalue weighted by molar-refractivity contribution is 0.0642. The Hall–Kier alpha value is -4.26. The van der Waals surface area contributed by atoms with Crippen LogP contribution in [0, 0.1) is 0 Å². The number of hydrogen-bond acceptors (Lipinski definition) is 4. The summed E-state index contributed by atoms with van der Waals surface area (Å²) in [6.07, 6.45) is 0. The van der Waals surface area contributed by atoms with E-state index in [0.29, 0.717) is 17.0 Å². The molecule has 0 radical (unpaired) electrons. The lowest BCUT2D eigenvalue weighted by Gasteiger charge is -2.13. The van der Waals surface area contributed by atoms with Gasteiger partial charge in [0.2, 0.25) is 0 Å². The third-order valence-corrected chi connectivity index (χ3v) is 5.27. The Morgan fingerprint density at radius 1 is 0.903 bits per heavy atom. The molecule has 0 aliphatic carbocycles. The fourth-order valence-corrected chi connectivity index (χ4v) is 3.70. The molecule has 1 aliphatic rings. The first kappa shape index (κ1) is 18.7. The number of aromatic amines is 1. The highest BCUT2D eigenvalue weighted by atomic mass is 16.2. The summed E-state index contributed by atoms with van der Waals surface area (Å²) in [6, 6.07) is 21.5. The van der Waals surface area contributed by atoms with Crippen molar-refractivity contribution in [2.75, 3.05) is 0 Å². The lowest BCUT2D eigenvalue weighted by atomic mass is 10.1. The maximum atomic E-state index is 12.8. The lowest BCUT2D eigenvalue weighted by Crippen LogP contribution is -2.29. The summed E-state index contributed by atoms with van der Waals surface area (Å²) in [5, 5.41) is 2.80. The van der Waals surface area contributed by atoms with Gasteiger partial charge in [-0.25, -0.2) is 4.98 Å². The second-order valence-corrected chi connectivity index (χ2v) is 7.33. The van der Waals surface area contributed by atoms with Crippen molar-refractivity contribution in [1.82, 2.24) is 20.2 Å². The smallest absolute Gasteiger partial charge is 0.261 e. The van der Waals surface area contributed by atoms with Gasteiger partial charge in [-0.2, -0.15) is 0 Å². The Morgan fingerprint density at radius 2 is 1.65 bits per heavy atom. The first-order valence-corrected chi connectivity index (χ1v) is 9.86. The summed E-state index contributed by atoms with van der Waals surface area (Å²) in [7, 11) is 0. The van der Waals surface area contributed by atoms with Crippen molar-refractivity contribution in [1.29, 1.82) is 0 Å². The molecule has 0 saturated carbocycles. The van der Waals surface area contributed by atoms with Crippen LogP contribution in [0.15, 0.2) is 72.8 Å². The first-order valence-electron chi connectivity index (χ1n) is 9.86. The van der Waals surface area contributed by atoms with E-state index in [2.05, 4.69) is 15.3 Å². The van der Waals surface area contributed by atoms with E-state index in [1.165, 1.54) is 17.0 Å². The van der Waals surface area contributed by atoms with Gasteiger partial charge in [0, 0.05) is 5.56 Å². The molecule has 0 fully saturated rings. The fourth-order valence-electron chi connectivity index (χ4n) is 3.70. The second kappa shape index (κ2) is 7.53. The molecule has 0 bridgehead atoms. The van der Waals surface area contributed by atoms with E-state index in [1.807, 2.05) is 54.6 Å². The van der Waals surface area contributed by atoms with Crippen molar-refractivity contribution in [3.63, 3.8) is 0 Å². The number of para-hydroxylation sites is 2. The molecule has 4 aromatic rings. The predicted molar refractivity (Wildman–Crippen MR) is 114 cm³/mol. The zero-order valence-corrected chi connectivity index (χ0v) is 16.5. The molecule has 1 aliphatic heterocycles. The number of H-pyrrole nitrogens is 1. The van der Waals surface area contributed by atoms with Gasteiger partial charge in [-0.15, -0.1) is 0 Å². The monoisotopic (exact) mass is 410 g/mol. The number of carbonyl (C=O) groups is 3. The normalized spacial score (nSPS) is 13.0. The molecule has 0 spiro atoms. The molecule has 1 aromatic heterocycles. The molecule has 0 unspecified atom stereocenters. The Kier molecular flexibility index (Phi) is 4.55. The number of imide groups is 1. The van der Waals surface area contributed by atoms with Crippen molar-refractivity contribution >= 4 is 28.8 Å². The second-order valence-electron chi connectivity index (χ2n) is 7.33. The van der Waals surface area contributed by atoms with Crippen LogP contribution in [0.2, 0.25) is 0 Å². The van der Waals surface area contributed by atoms with E-state index in [0.717, 1.165) is 16.6 Å². The number of imidazole rings is 1. The maximum absolute atomic E-state index is 12.8. The van der Waals surface area contributed by atoms with E-state index >= 15 is 0 Å². The van der Waals surface area contributed by atoms with Gasteiger partial charge in [0.05, 0.1) is 35.2 Å². The van der Waals surface area contributed by atoms with Crippen LogP contribution < -0.4 is 5.32 Å². The number of benzene rings is 3. The van der Waals surface area contributed by atoms with Crippen molar-refractivity contribution in [2.24, 2.45) is 0 Å². The number of nitrogens with zero attached hydrogens (tertiary/aromatic N) is 2. The number of hydrogen-bond donors (Lipinski definition) is 2. The zero-order valence-electron chi connectivity index (χ0n) is 16.5. The molecule has 0 saturated heterocycles. The van der Waals surface area contributed by atoms with Crippen LogP contribution in [0.4, 0.5) is 0 Å². The molecule has 152 valence electrons. The third kappa shape index (κ3) is 3.46. The van der Waals surface area contributed by atoms with Crippen molar-refractivity contribution < 1.29 is 14.4 Å². The van der Waals surface area contributed by atoms with Crippen LogP contribution in [0.1, 0.15) is 42.5 Å². The molecular weight excluding hydrogens is 392 g/mol. The Bertz CT molecular complexity index is 1290. The van der Waals surface area contributed by atoms with Gasteiger partial charge >= 0.3 is 0 Å². The summed E-state index contributed by atoms with van der Waals surface area (Å²) in [6.45, 7) is 0.415. The Labute approximate surface area is 177 Å². The standard InChI is InChI=1S/C24H18N4O3/c29-22(25-13-21-26-19-8-4-5-9-20(19)27-21)16-10-11-17-18(12-16)24(31)28(23(17)30)14-15-6-2-1-3-7-15/h1-12H,13-14H2,(H,25,29)(H,26,27). The van der Waals surface area contributed by atoms with E-state index in [9.17, 15) is 14.4 Å². The average Bonchev–Trinajstić information content (AvgIpc) is 3.32. The molecule has 7 nitrogen and oxygen atoms in total. The van der Waals surface area contributed by atoms with Crippen molar-refractivity contribution in [3.05, 3.63) is 101 Å². The van der Waals surface area contributed by atoms with Gasteiger partial charge in [0.25, 0.3) is 17.7 Å². The zero-order chi connectivity index (χ0) is 21.4. The van der Waals surface area contributed by atoms with Crippen molar-refractivity contribution in [3.8, 4) is 0 Å². The summed E-state index contributed by atoms with van der Waals surface area (Å²) >= 11 is 0. The highest BCUT2D eigenvalue weighted by Crippen LogP contribution is 2.25. The van der Waals surface area contributed by atoms with E-state index in [1.54, 1.807) is 6.07 Å². The van der Waals surface area contributed by atoms with Crippen molar-refractivity contribution in [2.45, 2.75) is 13.1 Å². The van der Waals surface area contributed by atoms with Gasteiger partial charge in [0.15, 0.2) is 0 Å². The number of fused-ring (bicyclic) bond motifs is 2. The molecule has 7 heteroatoms. The van der Waals surface area contributed by atoms with E-state index in [4.69, 9.17) is 0 Å². The van der Waals surface area contributed by atoms with Crippen LogP contribution in [0.3, 0.4) is 0 Å². The van der Waals surface area contributed by atoms with E-state index < -0.39 is 5.91 Å². The highest BCUT2D eigenvalue weighted by molar-refractivity contribution is 6.22. The topological polar surface area (TPSA) is 95.2 Å². The highest BCUT2D eigenvalue weighted by Gasteiger charge is 2.35. The SMILES string of the molecule is O=C(NCc1nc2ccccc2[nH]1)c1ccc2c(c1)C(=O)N(Cc1ccccc1)C2=O. The molecule has 31 heavy (non-hydrogen) atoms. The number of rotatable bonds is 5. The summed E-state index contributed by atoms with van der Waals surface area (Å²) in [5.74, 6) is -0.449. The fraction of sp³-hybridized carbons (Fsp3) is 0.0833. The number of aromatic nitrogens is 2. The molecule has 2 N–H and O–H groups in total. The summed E-state index contributed by atoms with van der Waals surface area (Å²) in [4.78, 5) is 46.9. The van der Waals surface area contributed by atoms with Crippen LogP contribution in [-0.4, -0.2) is 32.6 Å². The molecule has 0 atom stereocenters. The summed E-state index contributed by atoms with van der Waals surface area (Å²) in [5.41, 5.74) is 3.46. The minimum atomic E-state index is -0.393. The van der Waals surface area contributed by atoms with Crippen LogP contribution in [0.25, 0.3) is 11.0 Å². The average molecular weight is 410 g/mol. The largest absolute Gasteiger partial charge is 0.345 e. The third-order valence-electron chi connectivity index (χ3n) is 5.27. The summed E-state index contributed by atoms with van der Waals surface area (Å²) < 4.78 is 0. The van der Waals surface area contributed by atoms with Gasteiger partial charge in [0.1, 0.15) is 5.82 Å². The van der Waals surface area contributed by atoms with E-state index in [-0.39, 0.29) is 30.5 Å². The van der Waals surface area contributed by atoms with Crippen LogP contribution >= 0.6 is 0 Å². The maximum Gasteiger partial charge on any atom is 0.261 e. The van der Waals surface area contributed by atoms with Gasteiger partial charge < -0.3 is 10.3 Å². The Balaban J connectivity index is 1.31. The first-order chi connectivity index (χ1) is 15.1. The predicted octanol–water partition coefficient (Wildman–Crippen LogP) is 3.29. The number of amides is 3. The van der Waals surface area contributed by atoms with Gasteiger partial charge in [-0.3, -0.25) is 19.3 Å². The van der Waals surface area contributed by atoms with Crippen LogP contribution in [-0.2, 0) is 13.1 Å². The Morgan fingerprint density at radius 3 is 2.45 bits per heavy atom. The van der Waals surface area contributed by atoms with Crippen LogP contribution in [0.5, 0.6) is 0 Å².